The minimum Gasteiger partial charge on any atom is -0.459 e. The number of nitrogens with two attached hydrogens (primary N) is 1. The first-order valence-electron chi connectivity index (χ1n) is 9.90. The minimum absolute atomic E-state index is 0. The average Bonchev–Trinajstić information content (AvgIpc) is 3.10. The first-order valence-corrected chi connectivity index (χ1v) is 9.90. The molecule has 1 aliphatic heterocycles. The second kappa shape index (κ2) is 7.42. The van der Waals surface area contributed by atoms with Gasteiger partial charge in [-0.1, -0.05) is 54.6 Å². The number of nitrogens with zero attached hydrogens (tertiary/aromatic N) is 1. The summed E-state index contributed by atoms with van der Waals surface area (Å²) in [4.78, 5) is 26.3. The molecule has 0 bridgehead atoms. The molecule has 2 heterocycles. The molecule has 0 atom stereocenters. The van der Waals surface area contributed by atoms with Gasteiger partial charge in [-0.3, -0.25) is 14.5 Å². The van der Waals surface area contributed by atoms with Gasteiger partial charge in [0, 0.05) is 23.7 Å². The van der Waals surface area contributed by atoms with Crippen LogP contribution in [0.25, 0.3) is 22.5 Å². The first kappa shape index (κ1) is 20.4. The fourth-order valence-electron chi connectivity index (χ4n) is 4.25. The van der Waals surface area contributed by atoms with Crippen molar-refractivity contribution in [2.75, 3.05) is 7.05 Å². The molecule has 0 spiro atoms. The second-order valence-electron chi connectivity index (χ2n) is 7.99. The Labute approximate surface area is 181 Å². The van der Waals surface area contributed by atoms with Crippen LogP contribution in [0.5, 0.6) is 0 Å². The Morgan fingerprint density at radius 3 is 2.20 bits per heavy atom. The molecule has 5 rings (SSSR count). The lowest BCUT2D eigenvalue weighted by Crippen LogP contribution is -2.43. The first-order chi connectivity index (χ1) is 14.0. The van der Waals surface area contributed by atoms with E-state index in [1.165, 1.54) is 11.9 Å². The largest absolute Gasteiger partial charge is 0.459 e. The summed E-state index contributed by atoms with van der Waals surface area (Å²) < 4.78 is 6.13. The Bertz CT molecular complexity index is 1120. The van der Waals surface area contributed by atoms with E-state index in [0.717, 1.165) is 41.5 Å². The number of rotatable bonds is 3. The van der Waals surface area contributed by atoms with Gasteiger partial charge in [0.1, 0.15) is 11.5 Å². The molecular weight excluding hydrogens is 400 g/mol. The molecule has 1 aliphatic carbocycles. The van der Waals surface area contributed by atoms with Crippen LogP contribution in [-0.4, -0.2) is 23.8 Å². The van der Waals surface area contributed by atoms with E-state index >= 15 is 0 Å². The van der Waals surface area contributed by atoms with Gasteiger partial charge in [0.2, 0.25) is 5.91 Å². The quantitative estimate of drug-likeness (QED) is 0.629. The van der Waals surface area contributed by atoms with Gasteiger partial charge in [-0.05, 0) is 30.4 Å². The van der Waals surface area contributed by atoms with E-state index in [1.54, 1.807) is 0 Å². The molecule has 154 valence electrons. The van der Waals surface area contributed by atoms with Crippen LogP contribution in [0.3, 0.4) is 0 Å². The van der Waals surface area contributed by atoms with Crippen LogP contribution in [0, 0.1) is 0 Å². The number of amides is 2. The topological polar surface area (TPSA) is 76.5 Å². The van der Waals surface area contributed by atoms with E-state index < -0.39 is 0 Å². The Morgan fingerprint density at radius 1 is 0.933 bits per heavy atom. The molecule has 2 N–H and O–H groups in total. The van der Waals surface area contributed by atoms with Gasteiger partial charge in [0.05, 0.1) is 12.0 Å². The summed E-state index contributed by atoms with van der Waals surface area (Å²) in [6.45, 7) is 0. The van der Waals surface area contributed by atoms with E-state index in [1.807, 2.05) is 54.6 Å². The summed E-state index contributed by atoms with van der Waals surface area (Å²) in [5, 5.41) is 0. The maximum Gasteiger partial charge on any atom is 0.264 e. The maximum absolute atomic E-state index is 12.9. The molecule has 30 heavy (non-hydrogen) atoms. The van der Waals surface area contributed by atoms with Crippen LogP contribution in [0.1, 0.15) is 40.9 Å². The van der Waals surface area contributed by atoms with Crippen LogP contribution in [0.2, 0.25) is 0 Å². The van der Waals surface area contributed by atoms with E-state index in [4.69, 9.17) is 10.2 Å². The summed E-state index contributed by atoms with van der Waals surface area (Å²) in [7, 11) is 1.52. The molecule has 1 aromatic heterocycles. The average molecular weight is 423 g/mol. The highest BCUT2D eigenvalue weighted by molar-refractivity contribution is 6.14. The normalized spacial score (nSPS) is 17.2. The predicted molar refractivity (Wildman–Crippen MR) is 117 cm³/mol. The third-order valence-corrected chi connectivity index (χ3v) is 6.22. The molecule has 3 aromatic rings. The third kappa shape index (κ3) is 3.06. The molecular formula is C24H23ClN2O3. The Hall–Kier alpha value is -2.89. The lowest BCUT2D eigenvalue weighted by atomic mass is 9.72. The number of furan rings is 1. The van der Waals surface area contributed by atoms with Gasteiger partial charge in [0.25, 0.3) is 5.91 Å². The SMILES string of the molecule is CN1C(=O)Cc2oc(-c3ccc(C4(N)CCC4)cc3)c(-c3ccccc3)c2C1=O.Cl. The lowest BCUT2D eigenvalue weighted by Gasteiger charge is -2.38. The molecule has 2 amide bonds. The number of benzene rings is 2. The van der Waals surface area contributed by atoms with Gasteiger partial charge < -0.3 is 10.2 Å². The molecule has 2 aromatic carbocycles. The molecule has 1 fully saturated rings. The molecule has 6 heteroatoms. The fourth-order valence-corrected chi connectivity index (χ4v) is 4.25. The molecule has 1 saturated carbocycles. The number of imide groups is 1. The van der Waals surface area contributed by atoms with Gasteiger partial charge in [-0.2, -0.15) is 0 Å². The summed E-state index contributed by atoms with van der Waals surface area (Å²) in [6.07, 6.45) is 3.24. The van der Waals surface area contributed by atoms with Crippen LogP contribution < -0.4 is 5.73 Å². The fraction of sp³-hybridized carbons (Fsp3) is 0.250. The third-order valence-electron chi connectivity index (χ3n) is 6.22. The zero-order valence-corrected chi connectivity index (χ0v) is 17.5. The summed E-state index contributed by atoms with van der Waals surface area (Å²) in [5.41, 5.74) is 10.3. The zero-order valence-electron chi connectivity index (χ0n) is 16.7. The van der Waals surface area contributed by atoms with E-state index in [-0.39, 0.29) is 36.2 Å². The maximum atomic E-state index is 12.9. The highest BCUT2D eigenvalue weighted by atomic mass is 35.5. The Kier molecular flexibility index (Phi) is 5.04. The second-order valence-corrected chi connectivity index (χ2v) is 7.99. The van der Waals surface area contributed by atoms with Crippen molar-refractivity contribution >= 4 is 24.2 Å². The molecule has 0 saturated heterocycles. The number of carbonyl (C=O) groups excluding carboxylic acids is 2. The Balaban J connectivity index is 0.00000218. The summed E-state index contributed by atoms with van der Waals surface area (Å²) in [6, 6.07) is 17.8. The van der Waals surface area contributed by atoms with E-state index in [9.17, 15) is 9.59 Å². The molecule has 5 nitrogen and oxygen atoms in total. The number of halogens is 1. The zero-order chi connectivity index (χ0) is 20.2. The van der Waals surface area contributed by atoms with Crippen LogP contribution in [0.15, 0.2) is 59.0 Å². The van der Waals surface area contributed by atoms with Crippen LogP contribution >= 0.6 is 12.4 Å². The highest BCUT2D eigenvalue weighted by Crippen LogP contribution is 2.43. The summed E-state index contributed by atoms with van der Waals surface area (Å²) in [5.74, 6) is 0.471. The molecule has 0 radical (unpaired) electrons. The van der Waals surface area contributed by atoms with Gasteiger partial charge in [-0.15, -0.1) is 12.4 Å². The van der Waals surface area contributed by atoms with Gasteiger partial charge >= 0.3 is 0 Å². The van der Waals surface area contributed by atoms with Crippen molar-refractivity contribution < 1.29 is 14.0 Å². The smallest absolute Gasteiger partial charge is 0.264 e. The van der Waals surface area contributed by atoms with Crippen molar-refractivity contribution in [3.63, 3.8) is 0 Å². The van der Waals surface area contributed by atoms with Crippen molar-refractivity contribution in [3.8, 4) is 22.5 Å². The van der Waals surface area contributed by atoms with Crippen LogP contribution in [-0.2, 0) is 16.8 Å². The van der Waals surface area contributed by atoms with Crippen molar-refractivity contribution in [1.82, 2.24) is 4.90 Å². The monoisotopic (exact) mass is 422 g/mol. The van der Waals surface area contributed by atoms with E-state index in [2.05, 4.69) is 0 Å². The van der Waals surface area contributed by atoms with Crippen molar-refractivity contribution in [2.45, 2.75) is 31.2 Å². The molecule has 2 aliphatic rings. The van der Waals surface area contributed by atoms with Crippen molar-refractivity contribution in [3.05, 3.63) is 71.5 Å². The van der Waals surface area contributed by atoms with E-state index in [0.29, 0.717) is 17.1 Å². The van der Waals surface area contributed by atoms with Gasteiger partial charge in [-0.25, -0.2) is 0 Å². The standard InChI is InChI=1S/C24H22N2O3.ClH/c1-26-19(27)14-18-21(23(26)28)20(15-6-3-2-4-7-15)22(29-18)16-8-10-17(11-9-16)24(25)12-5-13-24;/h2-4,6-11H,5,12-14,25H2,1H3;1H. The number of fused-ring (bicyclic) bond motifs is 1. The van der Waals surface area contributed by atoms with Gasteiger partial charge in [0.15, 0.2) is 0 Å². The van der Waals surface area contributed by atoms with Crippen molar-refractivity contribution in [2.24, 2.45) is 5.73 Å². The lowest BCUT2D eigenvalue weighted by molar-refractivity contribution is -0.127. The number of hydrogen-bond acceptors (Lipinski definition) is 4. The predicted octanol–water partition coefficient (Wildman–Crippen LogP) is 4.53. The number of likely N-dealkylation sites (N-methyl/N-ethyl adjacent to an activating group) is 1. The summed E-state index contributed by atoms with van der Waals surface area (Å²) >= 11 is 0. The van der Waals surface area contributed by atoms with Crippen LogP contribution in [0.4, 0.5) is 0 Å². The van der Waals surface area contributed by atoms with Crippen molar-refractivity contribution in [1.29, 1.82) is 0 Å². The Morgan fingerprint density at radius 2 is 1.60 bits per heavy atom. The molecule has 0 unspecified atom stereocenters. The number of hydrogen-bond donors (Lipinski definition) is 1. The number of carbonyl (C=O) groups is 2. The minimum atomic E-state index is -0.322. The highest BCUT2D eigenvalue weighted by Gasteiger charge is 2.37.